The zero-order valence-corrected chi connectivity index (χ0v) is 13.0. The van der Waals surface area contributed by atoms with Gasteiger partial charge in [0.1, 0.15) is 0 Å². The van der Waals surface area contributed by atoms with Gasteiger partial charge in [-0.25, -0.2) is 0 Å². The highest BCUT2D eigenvalue weighted by molar-refractivity contribution is 6.09. The Balaban J connectivity index is 2.00. The molecular formula is C20H23NO. The van der Waals surface area contributed by atoms with Crippen LogP contribution in [-0.2, 0) is 0 Å². The Kier molecular flexibility index (Phi) is 4.71. The van der Waals surface area contributed by atoms with E-state index in [1.165, 1.54) is 22.6 Å². The van der Waals surface area contributed by atoms with Crippen molar-refractivity contribution in [1.29, 1.82) is 0 Å². The minimum Gasteiger partial charge on any atom is -0.387 e. The van der Waals surface area contributed by atoms with Crippen molar-refractivity contribution in [3.63, 3.8) is 0 Å². The van der Waals surface area contributed by atoms with E-state index in [-0.39, 0.29) is 0 Å². The fourth-order valence-electron chi connectivity index (χ4n) is 3.01. The molecule has 0 spiro atoms. The predicted molar refractivity (Wildman–Crippen MR) is 94.2 cm³/mol. The van der Waals surface area contributed by atoms with Crippen molar-refractivity contribution in [2.45, 2.75) is 25.9 Å². The molecule has 0 bridgehead atoms. The predicted octanol–water partition coefficient (Wildman–Crippen LogP) is 4.42. The molecule has 3 rings (SSSR count). The molecule has 0 saturated heterocycles. The van der Waals surface area contributed by atoms with E-state index in [2.05, 4.69) is 54.7 Å². The molecular weight excluding hydrogens is 270 g/mol. The van der Waals surface area contributed by atoms with E-state index in [0.29, 0.717) is 6.54 Å². The third kappa shape index (κ3) is 2.99. The number of unbranched alkanes of at least 4 members (excludes halogenated alkanes) is 1. The van der Waals surface area contributed by atoms with Crippen molar-refractivity contribution in [2.75, 3.05) is 13.1 Å². The first-order valence-electron chi connectivity index (χ1n) is 8.10. The smallest absolute Gasteiger partial charge is 0.0920 e. The second kappa shape index (κ2) is 6.91. The minimum atomic E-state index is -0.480. The molecule has 3 aromatic rings. The number of aliphatic hydroxyl groups is 1. The first-order valence-corrected chi connectivity index (χ1v) is 8.10. The summed E-state index contributed by atoms with van der Waals surface area (Å²) >= 11 is 0. The summed E-state index contributed by atoms with van der Waals surface area (Å²) in [5.74, 6) is 0. The molecule has 3 aromatic carbocycles. The van der Waals surface area contributed by atoms with Crippen molar-refractivity contribution in [2.24, 2.45) is 0 Å². The Morgan fingerprint density at radius 3 is 2.41 bits per heavy atom. The van der Waals surface area contributed by atoms with Crippen LogP contribution in [0.25, 0.3) is 21.5 Å². The highest BCUT2D eigenvalue weighted by atomic mass is 16.3. The third-order valence-corrected chi connectivity index (χ3v) is 4.20. The molecule has 1 atom stereocenters. The lowest BCUT2D eigenvalue weighted by Gasteiger charge is -2.16. The summed E-state index contributed by atoms with van der Waals surface area (Å²) in [6, 6.07) is 18.8. The zero-order chi connectivity index (χ0) is 15.4. The molecule has 0 amide bonds. The molecule has 0 unspecified atom stereocenters. The Bertz CT molecular complexity index is 766. The van der Waals surface area contributed by atoms with Gasteiger partial charge in [0.05, 0.1) is 6.10 Å². The second-order valence-electron chi connectivity index (χ2n) is 5.81. The molecule has 0 saturated carbocycles. The molecule has 0 aliphatic carbocycles. The van der Waals surface area contributed by atoms with E-state index in [1.54, 1.807) is 0 Å². The van der Waals surface area contributed by atoms with Gasteiger partial charge in [0.2, 0.25) is 0 Å². The van der Waals surface area contributed by atoms with Crippen LogP contribution in [0, 0.1) is 0 Å². The molecule has 0 aromatic heterocycles. The molecule has 114 valence electrons. The number of nitrogens with one attached hydrogen (secondary N) is 1. The lowest BCUT2D eigenvalue weighted by Crippen LogP contribution is -2.22. The maximum atomic E-state index is 10.6. The number of hydrogen-bond acceptors (Lipinski definition) is 2. The van der Waals surface area contributed by atoms with Crippen LogP contribution in [0.1, 0.15) is 31.4 Å². The van der Waals surface area contributed by atoms with Gasteiger partial charge in [-0.15, -0.1) is 0 Å². The number of benzene rings is 3. The number of hydrogen-bond donors (Lipinski definition) is 2. The second-order valence-corrected chi connectivity index (χ2v) is 5.81. The van der Waals surface area contributed by atoms with E-state index in [4.69, 9.17) is 0 Å². The summed E-state index contributed by atoms with van der Waals surface area (Å²) in [5, 5.41) is 18.7. The molecule has 0 aliphatic heterocycles. The van der Waals surface area contributed by atoms with Crippen LogP contribution in [0.2, 0.25) is 0 Å². The van der Waals surface area contributed by atoms with Gasteiger partial charge in [0, 0.05) is 6.54 Å². The molecule has 0 radical (unpaired) electrons. The SMILES string of the molecule is CCCCNC[C@@H](O)c1cc2ccccc2c2ccccc12. The van der Waals surface area contributed by atoms with E-state index < -0.39 is 6.10 Å². The quantitative estimate of drug-likeness (QED) is 0.521. The first kappa shape index (κ1) is 15.0. The van der Waals surface area contributed by atoms with E-state index in [9.17, 15) is 5.11 Å². The summed E-state index contributed by atoms with van der Waals surface area (Å²) in [6.07, 6.45) is 1.83. The molecule has 0 aliphatic rings. The van der Waals surface area contributed by atoms with Crippen LogP contribution in [0.4, 0.5) is 0 Å². The molecule has 2 N–H and O–H groups in total. The van der Waals surface area contributed by atoms with Crippen molar-refractivity contribution < 1.29 is 5.11 Å². The highest BCUT2D eigenvalue weighted by Gasteiger charge is 2.13. The summed E-state index contributed by atoms with van der Waals surface area (Å²) in [4.78, 5) is 0. The van der Waals surface area contributed by atoms with Gasteiger partial charge >= 0.3 is 0 Å². The van der Waals surface area contributed by atoms with Gasteiger partial charge in [-0.2, -0.15) is 0 Å². The van der Waals surface area contributed by atoms with Crippen molar-refractivity contribution in [3.05, 3.63) is 60.2 Å². The highest BCUT2D eigenvalue weighted by Crippen LogP contribution is 2.31. The van der Waals surface area contributed by atoms with Crippen molar-refractivity contribution >= 4 is 21.5 Å². The number of rotatable bonds is 6. The number of fused-ring (bicyclic) bond motifs is 3. The third-order valence-electron chi connectivity index (χ3n) is 4.20. The van der Waals surface area contributed by atoms with Gasteiger partial charge in [-0.05, 0) is 46.1 Å². The lowest BCUT2D eigenvalue weighted by atomic mass is 9.94. The molecule has 2 heteroatoms. The maximum Gasteiger partial charge on any atom is 0.0920 e. The fraction of sp³-hybridized carbons (Fsp3) is 0.300. The van der Waals surface area contributed by atoms with Crippen molar-refractivity contribution in [1.82, 2.24) is 5.32 Å². The average Bonchev–Trinajstić information content (AvgIpc) is 2.58. The van der Waals surface area contributed by atoms with Crippen molar-refractivity contribution in [3.8, 4) is 0 Å². The average molecular weight is 293 g/mol. The molecule has 0 fully saturated rings. The van der Waals surface area contributed by atoms with Gasteiger partial charge in [0.25, 0.3) is 0 Å². The summed E-state index contributed by atoms with van der Waals surface area (Å²) < 4.78 is 0. The monoisotopic (exact) mass is 293 g/mol. The Hall–Kier alpha value is -1.90. The van der Waals surface area contributed by atoms with Crippen LogP contribution < -0.4 is 5.32 Å². The van der Waals surface area contributed by atoms with Crippen LogP contribution in [-0.4, -0.2) is 18.2 Å². The summed E-state index contributed by atoms with van der Waals surface area (Å²) in [7, 11) is 0. The van der Waals surface area contributed by atoms with Crippen LogP contribution in [0.5, 0.6) is 0 Å². The van der Waals surface area contributed by atoms with Gasteiger partial charge in [-0.3, -0.25) is 0 Å². The van der Waals surface area contributed by atoms with E-state index >= 15 is 0 Å². The van der Waals surface area contributed by atoms with Crippen LogP contribution >= 0.6 is 0 Å². The summed E-state index contributed by atoms with van der Waals surface area (Å²) in [5.41, 5.74) is 1.01. The van der Waals surface area contributed by atoms with Gasteiger partial charge in [0.15, 0.2) is 0 Å². The molecule has 2 nitrogen and oxygen atoms in total. The molecule has 22 heavy (non-hydrogen) atoms. The Morgan fingerprint density at radius 2 is 1.64 bits per heavy atom. The maximum absolute atomic E-state index is 10.6. The normalized spacial score (nSPS) is 12.8. The zero-order valence-electron chi connectivity index (χ0n) is 13.0. The molecule has 0 heterocycles. The topological polar surface area (TPSA) is 32.3 Å². The Labute approximate surface area is 131 Å². The fourth-order valence-corrected chi connectivity index (χ4v) is 3.01. The summed E-state index contributed by atoms with van der Waals surface area (Å²) in [6.45, 7) is 3.73. The van der Waals surface area contributed by atoms with Crippen LogP contribution in [0.3, 0.4) is 0 Å². The van der Waals surface area contributed by atoms with E-state index in [0.717, 1.165) is 23.9 Å². The first-order chi connectivity index (χ1) is 10.8. The van der Waals surface area contributed by atoms with Gasteiger partial charge in [-0.1, -0.05) is 61.9 Å². The van der Waals surface area contributed by atoms with Crippen LogP contribution in [0.15, 0.2) is 54.6 Å². The minimum absolute atomic E-state index is 0.480. The Morgan fingerprint density at radius 1 is 0.955 bits per heavy atom. The van der Waals surface area contributed by atoms with Gasteiger partial charge < -0.3 is 10.4 Å². The largest absolute Gasteiger partial charge is 0.387 e. The number of aliphatic hydroxyl groups excluding tert-OH is 1. The lowest BCUT2D eigenvalue weighted by molar-refractivity contribution is 0.176. The standard InChI is InChI=1S/C20H23NO/c1-2-3-12-21-14-20(22)19-13-15-8-4-5-9-16(15)17-10-6-7-11-18(17)19/h4-11,13,20-22H,2-3,12,14H2,1H3/t20-/m1/s1. The van der Waals surface area contributed by atoms with E-state index in [1.807, 2.05) is 12.1 Å².